The summed E-state index contributed by atoms with van der Waals surface area (Å²) in [5.74, 6) is -0.0584. The zero-order valence-corrected chi connectivity index (χ0v) is 15.6. The number of ketones is 1. The Hall–Kier alpha value is -2.00. The van der Waals surface area contributed by atoms with Crippen molar-refractivity contribution in [1.29, 1.82) is 0 Å². The number of aliphatic hydroxyl groups excluding tert-OH is 1. The van der Waals surface area contributed by atoms with Gasteiger partial charge in [0.05, 0.1) is 6.10 Å². The third kappa shape index (κ3) is 4.76. The minimum atomic E-state index is -0.695. The first-order valence-electron chi connectivity index (χ1n) is 8.81. The van der Waals surface area contributed by atoms with Gasteiger partial charge in [0.1, 0.15) is 5.82 Å². The van der Waals surface area contributed by atoms with E-state index in [1.165, 1.54) is 6.07 Å². The first kappa shape index (κ1) is 19.3. The van der Waals surface area contributed by atoms with Crippen LogP contribution in [0.4, 0.5) is 4.39 Å². The minimum Gasteiger partial charge on any atom is -0.388 e. The van der Waals surface area contributed by atoms with E-state index < -0.39 is 6.10 Å². The number of aliphatic hydroxyl groups is 1. The fourth-order valence-electron chi connectivity index (χ4n) is 2.87. The van der Waals surface area contributed by atoms with Crippen LogP contribution >= 0.6 is 0 Å². The van der Waals surface area contributed by atoms with Gasteiger partial charge in [-0.1, -0.05) is 39.8 Å². The molecule has 0 aromatic heterocycles. The van der Waals surface area contributed by atoms with Gasteiger partial charge < -0.3 is 5.11 Å². The van der Waals surface area contributed by atoms with Crippen LogP contribution in [0.2, 0.25) is 0 Å². The molecule has 0 aliphatic heterocycles. The van der Waals surface area contributed by atoms with Crippen LogP contribution in [-0.2, 0) is 0 Å². The van der Waals surface area contributed by atoms with Gasteiger partial charge in [-0.3, -0.25) is 4.79 Å². The highest BCUT2D eigenvalue weighted by Crippen LogP contribution is 2.31. The summed E-state index contributed by atoms with van der Waals surface area (Å²) in [6.07, 6.45) is -0.268. The van der Waals surface area contributed by atoms with E-state index >= 15 is 0 Å². The second-order valence-electron chi connectivity index (χ2n) is 7.54. The van der Waals surface area contributed by atoms with Gasteiger partial charge in [0.15, 0.2) is 5.78 Å². The summed E-state index contributed by atoms with van der Waals surface area (Å²) in [6, 6.07) is 10.3. The maximum Gasteiger partial charge on any atom is 0.163 e. The number of aryl methyl sites for hydroxylation is 1. The number of rotatable bonds is 6. The zero-order valence-electron chi connectivity index (χ0n) is 15.6. The second-order valence-corrected chi connectivity index (χ2v) is 7.54. The van der Waals surface area contributed by atoms with Gasteiger partial charge in [-0.05, 0) is 59.7 Å². The summed E-state index contributed by atoms with van der Waals surface area (Å²) in [7, 11) is 0. The molecule has 0 saturated heterocycles. The third-order valence-corrected chi connectivity index (χ3v) is 4.28. The fourth-order valence-corrected chi connectivity index (χ4v) is 2.87. The third-order valence-electron chi connectivity index (χ3n) is 4.28. The summed E-state index contributed by atoms with van der Waals surface area (Å²) < 4.78 is 14.4. The van der Waals surface area contributed by atoms with Crippen molar-refractivity contribution < 1.29 is 14.3 Å². The SMILES string of the molecule is Cc1ccc(-c2cc(C(=O)CC(C)C)cc(C(O)C(C)C)c2)c(F)c1. The quantitative estimate of drug-likeness (QED) is 0.682. The molecule has 3 heteroatoms. The molecule has 2 nitrogen and oxygen atoms in total. The normalized spacial score (nSPS) is 12.7. The molecule has 1 unspecified atom stereocenters. The van der Waals surface area contributed by atoms with Gasteiger partial charge in [-0.25, -0.2) is 4.39 Å². The number of halogens is 1. The predicted octanol–water partition coefficient (Wildman–Crippen LogP) is 5.72. The van der Waals surface area contributed by atoms with Crippen LogP contribution in [-0.4, -0.2) is 10.9 Å². The first-order chi connectivity index (χ1) is 11.7. The molecule has 0 aliphatic carbocycles. The van der Waals surface area contributed by atoms with Crippen molar-refractivity contribution in [1.82, 2.24) is 0 Å². The van der Waals surface area contributed by atoms with Crippen LogP contribution in [0.5, 0.6) is 0 Å². The monoisotopic (exact) mass is 342 g/mol. The lowest BCUT2D eigenvalue weighted by Gasteiger charge is -2.18. The lowest BCUT2D eigenvalue weighted by atomic mass is 9.90. The van der Waals surface area contributed by atoms with Crippen LogP contribution in [0.3, 0.4) is 0 Å². The molecule has 0 amide bonds. The molecule has 0 fully saturated rings. The van der Waals surface area contributed by atoms with Crippen molar-refractivity contribution in [2.24, 2.45) is 11.8 Å². The van der Waals surface area contributed by atoms with Crippen LogP contribution in [0, 0.1) is 24.6 Å². The molecule has 1 atom stereocenters. The van der Waals surface area contributed by atoms with E-state index in [0.717, 1.165) is 5.56 Å². The van der Waals surface area contributed by atoms with E-state index in [1.54, 1.807) is 24.3 Å². The van der Waals surface area contributed by atoms with Gasteiger partial charge in [-0.15, -0.1) is 0 Å². The number of Topliss-reactive ketones (excluding diaryl/α,β-unsaturated/α-hetero) is 1. The lowest BCUT2D eigenvalue weighted by molar-refractivity contribution is 0.0966. The number of hydrogen-bond acceptors (Lipinski definition) is 2. The van der Waals surface area contributed by atoms with Gasteiger partial charge in [0.2, 0.25) is 0 Å². The largest absolute Gasteiger partial charge is 0.388 e. The standard InChI is InChI=1S/C22H27FO2/c1-13(2)8-21(24)17-10-16(11-18(12-17)22(25)14(3)4)19-7-6-15(5)9-20(19)23/h6-7,9-14,22,25H,8H2,1-5H3. The average molecular weight is 342 g/mol. The maximum atomic E-state index is 14.4. The Labute approximate surface area is 149 Å². The number of carbonyl (C=O) groups is 1. The minimum absolute atomic E-state index is 0.00571. The summed E-state index contributed by atoms with van der Waals surface area (Å²) >= 11 is 0. The van der Waals surface area contributed by atoms with E-state index in [9.17, 15) is 14.3 Å². The number of benzene rings is 2. The summed E-state index contributed by atoms with van der Waals surface area (Å²) in [6.45, 7) is 9.65. The summed E-state index contributed by atoms with van der Waals surface area (Å²) in [4.78, 5) is 12.5. The van der Waals surface area contributed by atoms with E-state index in [-0.39, 0.29) is 23.4 Å². The van der Waals surface area contributed by atoms with Crippen molar-refractivity contribution >= 4 is 5.78 Å². The van der Waals surface area contributed by atoms with Crippen LogP contribution in [0.25, 0.3) is 11.1 Å². The first-order valence-corrected chi connectivity index (χ1v) is 8.81. The van der Waals surface area contributed by atoms with Crippen molar-refractivity contribution in [3.8, 4) is 11.1 Å². The molecule has 0 bridgehead atoms. The molecule has 0 aliphatic rings. The van der Waals surface area contributed by atoms with Gasteiger partial charge in [-0.2, -0.15) is 0 Å². The van der Waals surface area contributed by atoms with Crippen molar-refractivity contribution in [3.63, 3.8) is 0 Å². The molecule has 0 heterocycles. The Morgan fingerprint density at radius 3 is 2.32 bits per heavy atom. The lowest BCUT2D eigenvalue weighted by Crippen LogP contribution is -2.09. The molecule has 25 heavy (non-hydrogen) atoms. The molecule has 1 N–H and O–H groups in total. The Balaban J connectivity index is 2.58. The van der Waals surface area contributed by atoms with Crippen LogP contribution in [0.1, 0.15) is 61.7 Å². The van der Waals surface area contributed by atoms with E-state index in [2.05, 4.69) is 0 Å². The molecule has 0 saturated carbocycles. The molecule has 134 valence electrons. The Morgan fingerprint density at radius 2 is 1.76 bits per heavy atom. The van der Waals surface area contributed by atoms with E-state index in [4.69, 9.17) is 0 Å². The van der Waals surface area contributed by atoms with Crippen molar-refractivity contribution in [3.05, 3.63) is 58.9 Å². The Kier molecular flexibility index (Phi) is 6.12. The van der Waals surface area contributed by atoms with Crippen LogP contribution in [0.15, 0.2) is 36.4 Å². The number of hydrogen-bond donors (Lipinski definition) is 1. The van der Waals surface area contributed by atoms with E-state index in [0.29, 0.717) is 28.7 Å². The van der Waals surface area contributed by atoms with Crippen molar-refractivity contribution in [2.75, 3.05) is 0 Å². The summed E-state index contributed by atoms with van der Waals surface area (Å²) in [5.41, 5.74) is 3.10. The highest BCUT2D eigenvalue weighted by molar-refractivity contribution is 5.97. The molecule has 2 aromatic rings. The Morgan fingerprint density at radius 1 is 1.08 bits per heavy atom. The summed E-state index contributed by atoms with van der Waals surface area (Å²) in [5, 5.41) is 10.5. The zero-order chi connectivity index (χ0) is 18.7. The Bertz CT molecular complexity index is 763. The topological polar surface area (TPSA) is 37.3 Å². The van der Waals surface area contributed by atoms with Gasteiger partial charge >= 0.3 is 0 Å². The molecule has 0 radical (unpaired) electrons. The molecule has 2 aromatic carbocycles. The van der Waals surface area contributed by atoms with E-state index in [1.807, 2.05) is 40.7 Å². The molecule has 0 spiro atoms. The fraction of sp³-hybridized carbons (Fsp3) is 0.409. The predicted molar refractivity (Wildman–Crippen MR) is 100 cm³/mol. The molecular weight excluding hydrogens is 315 g/mol. The van der Waals surface area contributed by atoms with Crippen molar-refractivity contribution in [2.45, 2.75) is 47.1 Å². The second kappa shape index (κ2) is 7.92. The van der Waals surface area contributed by atoms with Crippen LogP contribution < -0.4 is 0 Å². The highest BCUT2D eigenvalue weighted by atomic mass is 19.1. The van der Waals surface area contributed by atoms with Gasteiger partial charge in [0.25, 0.3) is 0 Å². The smallest absolute Gasteiger partial charge is 0.163 e. The number of carbonyl (C=O) groups excluding carboxylic acids is 1. The molecule has 2 rings (SSSR count). The average Bonchev–Trinajstić information content (AvgIpc) is 2.52. The van der Waals surface area contributed by atoms with Gasteiger partial charge in [0, 0.05) is 17.5 Å². The molecular formula is C22H27FO2. The maximum absolute atomic E-state index is 14.4. The highest BCUT2D eigenvalue weighted by Gasteiger charge is 2.18.